The van der Waals surface area contributed by atoms with Gasteiger partial charge in [-0.05, 0) is 0 Å². The van der Waals surface area contributed by atoms with Crippen LogP contribution in [-0.2, 0) is 8.64 Å². The Morgan fingerprint density at radius 2 is 1.89 bits per heavy atom. The molecule has 0 amide bonds. The molecule has 0 atom stereocenters. The van der Waals surface area contributed by atoms with E-state index in [0.29, 0.717) is 0 Å². The van der Waals surface area contributed by atoms with E-state index in [4.69, 9.17) is 9.79 Å². The first-order valence-electron chi connectivity index (χ1n) is 1.89. The fraction of sp³-hybridized carbons (Fsp3) is 1.00. The summed E-state index contributed by atoms with van der Waals surface area (Å²) in [6.07, 6.45) is 0. The van der Waals surface area contributed by atoms with Gasteiger partial charge in [0.05, 0.1) is 11.9 Å². The summed E-state index contributed by atoms with van der Waals surface area (Å²) in [5.74, 6) is 0. The Labute approximate surface area is 66.7 Å². The molecule has 0 unspecified atom stereocenters. The lowest BCUT2D eigenvalue weighted by atomic mass is 11.0. The summed E-state index contributed by atoms with van der Waals surface area (Å²) in [7, 11) is -4.38. The lowest BCUT2D eigenvalue weighted by molar-refractivity contribution is 0.292. The Kier molecular flexibility index (Phi) is 9.75. The van der Waals surface area contributed by atoms with Crippen LogP contribution in [-0.4, -0.2) is 15.1 Å². The average Bonchev–Trinajstić information content (AvgIpc) is 1.67. The van der Waals surface area contributed by atoms with E-state index < -0.39 is 7.82 Å². The summed E-state index contributed by atoms with van der Waals surface area (Å²) in [4.78, 5) is 15.2. The number of hydrogen-bond acceptors (Lipinski definition) is 2. The molecular weight excluding hydrogens is 234 g/mol. The second kappa shape index (κ2) is 6.99. The molecule has 0 aliphatic carbocycles. The highest BCUT2D eigenvalue weighted by Crippen LogP contribution is 2.36. The van der Waals surface area contributed by atoms with Crippen molar-refractivity contribution in [3.8, 4) is 0 Å². The molecule has 0 spiro atoms. The van der Waals surface area contributed by atoms with Gasteiger partial charge in [-0.3, -0.25) is 0 Å². The summed E-state index contributed by atoms with van der Waals surface area (Å²) in [5, 5.41) is 1.06. The Balaban J connectivity index is 0. The Morgan fingerprint density at radius 3 is 1.89 bits per heavy atom. The van der Waals surface area contributed by atoms with E-state index >= 15 is 0 Å². The molecule has 9 heavy (non-hydrogen) atoms. The molecule has 4 nitrogen and oxygen atoms in total. The van der Waals surface area contributed by atoms with E-state index in [-0.39, 0.29) is 0 Å². The highest BCUT2D eigenvalue weighted by molar-refractivity contribution is 9.09. The molecule has 0 aliphatic heterocycles. The first-order valence-corrected chi connectivity index (χ1v) is 4.85. The highest BCUT2D eigenvalue weighted by atomic mass is 79.9. The summed E-state index contributed by atoms with van der Waals surface area (Å²) in [6, 6.07) is 0. The van der Waals surface area contributed by atoms with Gasteiger partial charge in [0.15, 0.2) is 0 Å². The number of alkyl halides is 1. The van der Waals surface area contributed by atoms with E-state index in [1.54, 1.807) is 0 Å². The van der Waals surface area contributed by atoms with Gasteiger partial charge in [0, 0.05) is 5.33 Å². The van der Waals surface area contributed by atoms with Gasteiger partial charge in [-0.1, -0.05) is 22.9 Å². The van der Waals surface area contributed by atoms with E-state index in [0.717, 1.165) is 5.33 Å². The summed E-state index contributed by atoms with van der Waals surface area (Å²) in [6.45, 7) is 2.04. The third-order valence-electron chi connectivity index (χ3n) is 0.0899. The standard InChI is InChI=1S/C2H5Br.ClH2O4P/c1-2-3;1-5-6(2,3)4/h2H2,1H3;(H2,2,3,4). The Morgan fingerprint density at radius 1 is 1.78 bits per heavy atom. The SMILES string of the molecule is CCBr.O=P(O)(O)OCl. The Hall–Kier alpha value is 0.880. The molecule has 7 heteroatoms. The van der Waals surface area contributed by atoms with Crippen LogP contribution in [0.4, 0.5) is 0 Å². The van der Waals surface area contributed by atoms with Gasteiger partial charge < -0.3 is 9.79 Å². The lowest BCUT2D eigenvalue weighted by Crippen LogP contribution is -1.70. The van der Waals surface area contributed by atoms with Crippen molar-refractivity contribution >= 4 is 35.6 Å². The summed E-state index contributed by atoms with van der Waals surface area (Å²) < 4.78 is 12.4. The smallest absolute Gasteiger partial charge is 0.302 e. The molecule has 2 N–H and O–H groups in total. The van der Waals surface area contributed by atoms with Gasteiger partial charge in [-0.2, -0.15) is 4.08 Å². The molecule has 58 valence electrons. The topological polar surface area (TPSA) is 66.8 Å². The van der Waals surface area contributed by atoms with Crippen LogP contribution in [0, 0.1) is 0 Å². The van der Waals surface area contributed by atoms with Gasteiger partial charge in [0.25, 0.3) is 0 Å². The van der Waals surface area contributed by atoms with Crippen LogP contribution in [0.1, 0.15) is 6.92 Å². The summed E-state index contributed by atoms with van der Waals surface area (Å²) in [5.41, 5.74) is 0. The van der Waals surface area contributed by atoms with Crippen LogP contribution in [0.5, 0.6) is 0 Å². The molecule has 0 bridgehead atoms. The zero-order valence-electron chi connectivity index (χ0n) is 4.62. The zero-order chi connectivity index (χ0) is 7.91. The minimum atomic E-state index is -4.38. The molecule has 0 fully saturated rings. The van der Waals surface area contributed by atoms with Gasteiger partial charge in [-0.25, -0.2) is 4.57 Å². The third-order valence-corrected chi connectivity index (χ3v) is 0.809. The Bertz CT molecular complexity index is 92.6. The van der Waals surface area contributed by atoms with Gasteiger partial charge in [-0.15, -0.1) is 0 Å². The van der Waals surface area contributed by atoms with E-state index in [9.17, 15) is 4.57 Å². The van der Waals surface area contributed by atoms with Gasteiger partial charge in [0.1, 0.15) is 0 Å². The van der Waals surface area contributed by atoms with Crippen molar-refractivity contribution in [2.24, 2.45) is 0 Å². The largest absolute Gasteiger partial charge is 0.486 e. The minimum Gasteiger partial charge on any atom is -0.302 e. The third kappa shape index (κ3) is 27.9. The molecule has 0 aromatic rings. The van der Waals surface area contributed by atoms with Crippen LogP contribution in [0.2, 0.25) is 0 Å². The minimum absolute atomic E-state index is 1.06. The summed E-state index contributed by atoms with van der Waals surface area (Å²) >= 11 is 7.36. The number of rotatable bonds is 1. The van der Waals surface area contributed by atoms with E-state index in [2.05, 4.69) is 31.9 Å². The molecule has 0 aromatic heterocycles. The van der Waals surface area contributed by atoms with Crippen LogP contribution < -0.4 is 0 Å². The average molecular weight is 241 g/mol. The van der Waals surface area contributed by atoms with Gasteiger partial charge >= 0.3 is 7.82 Å². The van der Waals surface area contributed by atoms with E-state index in [1.807, 2.05) is 6.92 Å². The maximum Gasteiger partial charge on any atom is 0.486 e. The van der Waals surface area contributed by atoms with Crippen molar-refractivity contribution in [3.63, 3.8) is 0 Å². The van der Waals surface area contributed by atoms with Crippen molar-refractivity contribution in [1.82, 2.24) is 0 Å². The molecule has 0 saturated heterocycles. The first kappa shape index (κ1) is 12.5. The van der Waals surface area contributed by atoms with Crippen LogP contribution in [0.25, 0.3) is 0 Å². The van der Waals surface area contributed by atoms with Crippen molar-refractivity contribution in [1.29, 1.82) is 0 Å². The molecular formula is C2H7BrClO4P. The van der Waals surface area contributed by atoms with Crippen molar-refractivity contribution in [2.75, 3.05) is 5.33 Å². The maximum absolute atomic E-state index is 9.34. The van der Waals surface area contributed by atoms with Crippen molar-refractivity contribution in [3.05, 3.63) is 0 Å². The quantitative estimate of drug-likeness (QED) is 0.541. The molecule has 0 heterocycles. The van der Waals surface area contributed by atoms with Gasteiger partial charge in [0.2, 0.25) is 0 Å². The highest BCUT2D eigenvalue weighted by Gasteiger charge is 2.10. The number of halogens is 2. The number of phosphoric acid groups is 1. The monoisotopic (exact) mass is 240 g/mol. The second-order valence-corrected chi connectivity index (χ2v) is 3.48. The predicted octanol–water partition coefficient (Wildman–Crippen LogP) is 1.65. The lowest BCUT2D eigenvalue weighted by Gasteiger charge is -1.89. The normalized spacial score (nSPS) is 9.89. The molecule has 0 radical (unpaired) electrons. The fourth-order valence-electron chi connectivity index (χ4n) is 0. The fourth-order valence-corrected chi connectivity index (χ4v) is 0. The molecule has 0 aromatic carbocycles. The number of hydrogen-bond donors (Lipinski definition) is 2. The van der Waals surface area contributed by atoms with Crippen molar-refractivity contribution < 1.29 is 18.4 Å². The molecule has 0 aliphatic rings. The second-order valence-electron chi connectivity index (χ2n) is 0.827. The predicted molar refractivity (Wildman–Crippen MR) is 38.5 cm³/mol. The zero-order valence-corrected chi connectivity index (χ0v) is 7.86. The van der Waals surface area contributed by atoms with Crippen LogP contribution in [0.15, 0.2) is 0 Å². The van der Waals surface area contributed by atoms with Crippen LogP contribution in [0.3, 0.4) is 0 Å². The van der Waals surface area contributed by atoms with Crippen LogP contribution >= 0.6 is 35.6 Å². The van der Waals surface area contributed by atoms with E-state index in [1.165, 1.54) is 0 Å². The van der Waals surface area contributed by atoms with Crippen molar-refractivity contribution in [2.45, 2.75) is 6.92 Å². The first-order chi connectivity index (χ1) is 3.97. The molecule has 0 saturated carbocycles. The maximum atomic E-state index is 9.34. The molecule has 0 rings (SSSR count).